The first-order chi connectivity index (χ1) is 10.8. The zero-order chi connectivity index (χ0) is 16.9. The van der Waals surface area contributed by atoms with Crippen LogP contribution in [0.25, 0.3) is 0 Å². The van der Waals surface area contributed by atoms with Gasteiger partial charge in [-0.3, -0.25) is 15.0 Å². The van der Waals surface area contributed by atoms with Gasteiger partial charge in [0.05, 0.1) is 12.8 Å². The Kier molecular flexibility index (Phi) is 3.40. The lowest BCUT2D eigenvalue weighted by atomic mass is 9.86. The first-order valence-corrected chi connectivity index (χ1v) is 7.26. The Morgan fingerprint density at radius 3 is 2.74 bits per heavy atom. The van der Waals surface area contributed by atoms with Crippen molar-refractivity contribution in [2.24, 2.45) is 11.0 Å². The molecule has 1 aromatic rings. The van der Waals surface area contributed by atoms with Crippen molar-refractivity contribution in [3.8, 4) is 0 Å². The second kappa shape index (κ2) is 5.06. The molecule has 120 valence electrons. The summed E-state index contributed by atoms with van der Waals surface area (Å²) in [5.41, 5.74) is 2.39. The molecule has 0 bridgehead atoms. The Morgan fingerprint density at radius 1 is 1.43 bits per heavy atom. The van der Waals surface area contributed by atoms with E-state index in [1.54, 1.807) is 18.2 Å². The van der Waals surface area contributed by atoms with Crippen LogP contribution in [0.5, 0.6) is 0 Å². The number of nitrogens with one attached hydrogen (secondary N) is 1. The third-order valence-electron chi connectivity index (χ3n) is 4.18. The molecule has 0 aliphatic carbocycles. The Hall–Kier alpha value is -2.41. The molecule has 1 saturated heterocycles. The molecule has 3 rings (SSSR count). The van der Waals surface area contributed by atoms with Gasteiger partial charge >= 0.3 is 5.97 Å². The third-order valence-corrected chi connectivity index (χ3v) is 4.59. The van der Waals surface area contributed by atoms with Crippen LogP contribution in [0, 0.1) is 12.8 Å². The van der Waals surface area contributed by atoms with Gasteiger partial charge < -0.3 is 4.74 Å². The quantitative estimate of drug-likeness (QED) is 0.644. The lowest BCUT2D eigenvalue weighted by Gasteiger charge is -2.20. The number of amides is 2. The van der Waals surface area contributed by atoms with Crippen molar-refractivity contribution in [3.05, 3.63) is 28.8 Å². The number of carbonyl (C=O) groups is 3. The molecule has 2 heterocycles. The number of benzene rings is 1. The number of hydrazone groups is 1. The van der Waals surface area contributed by atoms with E-state index in [1.165, 1.54) is 14.0 Å². The molecule has 0 radical (unpaired) electrons. The number of fused-ring (bicyclic) bond motifs is 1. The fraction of sp³-hybridized carbons (Fsp3) is 0.333. The van der Waals surface area contributed by atoms with Crippen molar-refractivity contribution in [2.45, 2.75) is 19.4 Å². The van der Waals surface area contributed by atoms with Crippen molar-refractivity contribution in [2.75, 3.05) is 12.0 Å². The van der Waals surface area contributed by atoms with Crippen LogP contribution in [0.4, 0.5) is 5.69 Å². The predicted molar refractivity (Wildman–Crippen MR) is 83.2 cm³/mol. The van der Waals surface area contributed by atoms with Gasteiger partial charge in [-0.1, -0.05) is 17.7 Å². The van der Waals surface area contributed by atoms with Crippen molar-refractivity contribution in [1.29, 1.82) is 0 Å². The maximum absolute atomic E-state index is 12.8. The van der Waals surface area contributed by atoms with Gasteiger partial charge in [-0.05, 0) is 31.5 Å². The fourth-order valence-electron chi connectivity index (χ4n) is 2.81. The van der Waals surface area contributed by atoms with E-state index in [-0.39, 0.29) is 5.71 Å². The van der Waals surface area contributed by atoms with Gasteiger partial charge in [-0.15, -0.1) is 0 Å². The molecule has 2 aliphatic heterocycles. The molecular weight excluding hydrogens is 322 g/mol. The molecule has 2 atom stereocenters. The third kappa shape index (κ3) is 2.03. The minimum Gasteiger partial charge on any atom is -0.464 e. The fourth-order valence-corrected chi connectivity index (χ4v) is 2.98. The molecule has 0 aromatic heterocycles. The molecule has 1 aromatic carbocycles. The number of carbonyl (C=O) groups excluding carboxylic acids is 3. The van der Waals surface area contributed by atoms with E-state index in [9.17, 15) is 14.4 Å². The lowest BCUT2D eigenvalue weighted by Crippen LogP contribution is -2.48. The van der Waals surface area contributed by atoms with Crippen LogP contribution in [0.15, 0.2) is 23.3 Å². The Balaban J connectivity index is 2.05. The van der Waals surface area contributed by atoms with Crippen molar-refractivity contribution >= 4 is 40.8 Å². The summed E-state index contributed by atoms with van der Waals surface area (Å²) >= 11 is 6.08. The summed E-state index contributed by atoms with van der Waals surface area (Å²) in [5, 5.41) is 4.27. The summed E-state index contributed by atoms with van der Waals surface area (Å²) in [6.45, 7) is 3.35. The number of methoxy groups -OCH3 is 1. The van der Waals surface area contributed by atoms with Crippen LogP contribution in [0.2, 0.25) is 5.02 Å². The van der Waals surface area contributed by atoms with Gasteiger partial charge in [0, 0.05) is 5.02 Å². The topological polar surface area (TPSA) is 88.1 Å². The van der Waals surface area contributed by atoms with Crippen molar-refractivity contribution < 1.29 is 19.1 Å². The molecule has 0 unspecified atom stereocenters. The van der Waals surface area contributed by atoms with E-state index in [1.807, 2.05) is 6.92 Å². The maximum Gasteiger partial charge on any atom is 0.355 e. The number of halogens is 1. The van der Waals surface area contributed by atoms with Gasteiger partial charge in [-0.2, -0.15) is 5.10 Å². The number of hydrogen-bond donors (Lipinski definition) is 1. The number of anilines is 1. The summed E-state index contributed by atoms with van der Waals surface area (Å²) in [4.78, 5) is 38.3. The number of aryl methyl sites for hydroxylation is 1. The van der Waals surface area contributed by atoms with Crippen molar-refractivity contribution in [1.82, 2.24) is 5.43 Å². The van der Waals surface area contributed by atoms with Crippen LogP contribution < -0.4 is 10.3 Å². The smallest absolute Gasteiger partial charge is 0.355 e. The van der Waals surface area contributed by atoms with Gasteiger partial charge in [0.25, 0.3) is 5.91 Å². The normalized spacial score (nSPS) is 26.0. The number of ether oxygens (including phenoxy) is 1. The van der Waals surface area contributed by atoms with E-state index >= 15 is 0 Å². The average molecular weight is 336 g/mol. The monoisotopic (exact) mass is 335 g/mol. The van der Waals surface area contributed by atoms with E-state index in [0.29, 0.717) is 10.7 Å². The summed E-state index contributed by atoms with van der Waals surface area (Å²) in [7, 11) is 1.19. The van der Waals surface area contributed by atoms with Crippen LogP contribution in [-0.2, 0) is 19.1 Å². The highest BCUT2D eigenvalue weighted by molar-refractivity contribution is 6.47. The minimum absolute atomic E-state index is 0.103. The highest BCUT2D eigenvalue weighted by Gasteiger charge is 2.63. The van der Waals surface area contributed by atoms with E-state index in [4.69, 9.17) is 11.6 Å². The number of hydrogen-bond acceptors (Lipinski definition) is 6. The second-order valence-electron chi connectivity index (χ2n) is 5.65. The van der Waals surface area contributed by atoms with Crippen LogP contribution >= 0.6 is 11.6 Å². The molecule has 0 spiro atoms. The zero-order valence-electron chi connectivity index (χ0n) is 12.7. The van der Waals surface area contributed by atoms with Gasteiger partial charge in [0.15, 0.2) is 5.71 Å². The summed E-state index contributed by atoms with van der Waals surface area (Å²) in [6.07, 6.45) is 0. The van der Waals surface area contributed by atoms with Gasteiger partial charge in [-0.25, -0.2) is 9.69 Å². The molecular formula is C15H14ClN3O4. The maximum atomic E-state index is 12.8. The standard InChI is InChI=1S/C15H14ClN3O4/c1-7-4-5-8(6-9(7)16)19-12(20)10-11(13(21)23-3)17-18-15(10,2)14(19)22/h4-6,10,18H,1-3H3/t10-,15-/m1/s1. The zero-order valence-corrected chi connectivity index (χ0v) is 13.5. The molecule has 1 N–H and O–H groups in total. The number of esters is 1. The largest absolute Gasteiger partial charge is 0.464 e. The Morgan fingerprint density at radius 2 is 2.13 bits per heavy atom. The minimum atomic E-state index is -1.31. The summed E-state index contributed by atoms with van der Waals surface area (Å²) in [5.74, 6) is -2.79. The number of nitrogens with zero attached hydrogens (tertiary/aromatic N) is 2. The molecule has 8 heteroatoms. The first-order valence-electron chi connectivity index (χ1n) is 6.89. The van der Waals surface area contributed by atoms with Gasteiger partial charge in [0.1, 0.15) is 11.5 Å². The molecule has 0 saturated carbocycles. The van der Waals surface area contributed by atoms with Crippen molar-refractivity contribution in [3.63, 3.8) is 0 Å². The summed E-state index contributed by atoms with van der Waals surface area (Å²) < 4.78 is 4.63. The van der Waals surface area contributed by atoms with E-state index in [0.717, 1.165) is 10.5 Å². The van der Waals surface area contributed by atoms with Crippen LogP contribution in [0.1, 0.15) is 12.5 Å². The predicted octanol–water partition coefficient (Wildman–Crippen LogP) is 1.03. The SMILES string of the molecule is COC(=O)C1=NN[C@@]2(C)C(=O)N(c3ccc(C)c(Cl)c3)C(=O)[C@@H]12. The van der Waals surface area contributed by atoms with E-state index < -0.39 is 29.2 Å². The molecule has 2 aliphatic rings. The highest BCUT2D eigenvalue weighted by Crippen LogP contribution is 2.38. The second-order valence-corrected chi connectivity index (χ2v) is 6.06. The molecule has 23 heavy (non-hydrogen) atoms. The average Bonchev–Trinajstić information content (AvgIpc) is 2.96. The summed E-state index contributed by atoms with van der Waals surface area (Å²) in [6, 6.07) is 4.90. The Labute approximate surface area is 137 Å². The van der Waals surface area contributed by atoms with E-state index in [2.05, 4.69) is 15.3 Å². The lowest BCUT2D eigenvalue weighted by molar-refractivity contribution is -0.133. The molecule has 2 amide bonds. The van der Waals surface area contributed by atoms with Crippen LogP contribution in [-0.4, -0.2) is 36.1 Å². The highest BCUT2D eigenvalue weighted by atomic mass is 35.5. The number of imide groups is 1. The first kappa shape index (κ1) is 15.5. The molecule has 7 nitrogen and oxygen atoms in total. The van der Waals surface area contributed by atoms with Crippen LogP contribution in [0.3, 0.4) is 0 Å². The Bertz CT molecular complexity index is 776. The van der Waals surface area contributed by atoms with Gasteiger partial charge in [0.2, 0.25) is 5.91 Å². The number of rotatable bonds is 2. The molecule has 1 fully saturated rings.